The third kappa shape index (κ3) is 6.04. The average molecular weight is 445 g/mol. The molecule has 174 valence electrons. The number of hydrogen-bond acceptors (Lipinski definition) is 8. The van der Waals surface area contributed by atoms with E-state index < -0.39 is 5.97 Å². The number of aromatic nitrogens is 3. The second-order valence-corrected chi connectivity index (χ2v) is 7.74. The molecule has 10 heteroatoms. The van der Waals surface area contributed by atoms with Crippen LogP contribution in [-0.4, -0.2) is 91.3 Å². The van der Waals surface area contributed by atoms with E-state index in [1.807, 2.05) is 6.07 Å². The van der Waals surface area contributed by atoms with Crippen LogP contribution in [0.4, 0.5) is 5.95 Å². The number of anilines is 1. The molecule has 0 spiro atoms. The number of carbonyl (C=O) groups excluding carboxylic acids is 2. The summed E-state index contributed by atoms with van der Waals surface area (Å²) in [5.74, 6) is 0.109. The first kappa shape index (κ1) is 23.7. The highest BCUT2D eigenvalue weighted by Gasteiger charge is 2.23. The number of hydrogen-bond donors (Lipinski definition) is 2. The average Bonchev–Trinajstić information content (AvgIpc) is 3.11. The van der Waals surface area contributed by atoms with E-state index in [9.17, 15) is 9.59 Å². The van der Waals surface area contributed by atoms with E-state index in [0.717, 1.165) is 45.1 Å². The fraction of sp³-hybridized carbons (Fsp3) is 0.545. The van der Waals surface area contributed by atoms with Gasteiger partial charge in [0.05, 0.1) is 12.2 Å². The van der Waals surface area contributed by atoms with Gasteiger partial charge in [-0.05, 0) is 38.4 Å². The molecule has 1 fully saturated rings. The Morgan fingerprint density at radius 1 is 1.12 bits per heavy atom. The molecule has 0 aromatic carbocycles. The van der Waals surface area contributed by atoms with Crippen LogP contribution < -0.4 is 10.2 Å². The van der Waals surface area contributed by atoms with Crippen molar-refractivity contribution in [2.45, 2.75) is 20.3 Å². The molecule has 2 aromatic rings. The van der Waals surface area contributed by atoms with Crippen molar-refractivity contribution >= 4 is 17.8 Å². The molecule has 2 N–H and O–H groups in total. The number of nitrogens with one attached hydrogen (secondary N) is 2. The predicted molar refractivity (Wildman–Crippen MR) is 120 cm³/mol. The molecule has 3 rings (SSSR count). The van der Waals surface area contributed by atoms with Crippen LogP contribution in [0.1, 0.15) is 38.5 Å². The first-order chi connectivity index (χ1) is 15.5. The molecule has 0 atom stereocenters. The molecular weight excluding hydrogens is 412 g/mol. The van der Waals surface area contributed by atoms with E-state index in [4.69, 9.17) is 9.47 Å². The van der Waals surface area contributed by atoms with Crippen molar-refractivity contribution in [1.82, 2.24) is 25.2 Å². The Bertz CT molecular complexity index is 893. The van der Waals surface area contributed by atoms with Crippen LogP contribution in [-0.2, 0) is 9.47 Å². The zero-order valence-corrected chi connectivity index (χ0v) is 19.0. The van der Waals surface area contributed by atoms with Crippen LogP contribution in [0, 0.1) is 13.8 Å². The topological polar surface area (TPSA) is 113 Å². The van der Waals surface area contributed by atoms with Crippen LogP contribution in [0.3, 0.4) is 0 Å². The Morgan fingerprint density at radius 3 is 2.53 bits per heavy atom. The minimum Gasteiger partial charge on any atom is -0.460 e. The van der Waals surface area contributed by atoms with Gasteiger partial charge in [0, 0.05) is 57.9 Å². The van der Waals surface area contributed by atoms with Crippen molar-refractivity contribution in [1.29, 1.82) is 0 Å². The quantitative estimate of drug-likeness (QED) is 0.415. The van der Waals surface area contributed by atoms with Crippen molar-refractivity contribution in [2.75, 3.05) is 64.5 Å². The smallest absolute Gasteiger partial charge is 0.340 e. The maximum atomic E-state index is 12.6. The minimum absolute atomic E-state index is 0.174. The van der Waals surface area contributed by atoms with Crippen LogP contribution in [0.5, 0.6) is 0 Å². The highest BCUT2D eigenvalue weighted by atomic mass is 16.6. The lowest BCUT2D eigenvalue weighted by atomic mass is 10.1. The molecule has 32 heavy (non-hydrogen) atoms. The van der Waals surface area contributed by atoms with Gasteiger partial charge in [-0.1, -0.05) is 0 Å². The summed E-state index contributed by atoms with van der Waals surface area (Å²) in [5, 5.41) is 2.95. The lowest BCUT2D eigenvalue weighted by Gasteiger charge is -2.34. The fourth-order valence-electron chi connectivity index (χ4n) is 3.79. The monoisotopic (exact) mass is 444 g/mol. The Kier molecular flexibility index (Phi) is 8.57. The van der Waals surface area contributed by atoms with Crippen molar-refractivity contribution in [3.63, 3.8) is 0 Å². The Labute approximate surface area is 188 Å². The molecule has 10 nitrogen and oxygen atoms in total. The Morgan fingerprint density at radius 2 is 1.84 bits per heavy atom. The molecule has 1 amide bonds. The van der Waals surface area contributed by atoms with E-state index in [1.54, 1.807) is 33.4 Å². The Balaban J connectivity index is 1.41. The normalized spacial score (nSPS) is 14.4. The largest absolute Gasteiger partial charge is 0.460 e. The van der Waals surface area contributed by atoms with Crippen molar-refractivity contribution in [2.24, 2.45) is 0 Å². The van der Waals surface area contributed by atoms with Gasteiger partial charge in [-0.25, -0.2) is 14.8 Å². The summed E-state index contributed by atoms with van der Waals surface area (Å²) in [5.41, 5.74) is 2.03. The maximum Gasteiger partial charge on any atom is 0.340 e. The summed E-state index contributed by atoms with van der Waals surface area (Å²) in [6.07, 6.45) is 4.37. The van der Waals surface area contributed by atoms with Crippen LogP contribution >= 0.6 is 0 Å². The number of nitrogens with zero attached hydrogens (tertiary/aromatic N) is 4. The van der Waals surface area contributed by atoms with Crippen molar-refractivity contribution < 1.29 is 19.1 Å². The molecule has 0 aliphatic carbocycles. The van der Waals surface area contributed by atoms with Gasteiger partial charge in [0.2, 0.25) is 5.95 Å². The molecule has 2 aromatic heterocycles. The number of carbonyl (C=O) groups is 2. The first-order valence-corrected chi connectivity index (χ1v) is 10.9. The SMILES string of the molecule is COCCOC(=O)c1c(C)[nH]c(C(=O)NCCCN2CCN(c3ncccn3)CC2)c1C. The van der Waals surface area contributed by atoms with E-state index >= 15 is 0 Å². The molecule has 1 aliphatic rings. The minimum atomic E-state index is -0.451. The third-order valence-corrected chi connectivity index (χ3v) is 5.53. The van der Waals surface area contributed by atoms with Crippen molar-refractivity contribution in [3.05, 3.63) is 41.0 Å². The number of aromatic amines is 1. The lowest BCUT2D eigenvalue weighted by molar-refractivity contribution is 0.0387. The number of methoxy groups -OCH3 is 1. The van der Waals surface area contributed by atoms with Crippen LogP contribution in [0.2, 0.25) is 0 Å². The molecule has 0 unspecified atom stereocenters. The highest BCUT2D eigenvalue weighted by Crippen LogP contribution is 2.19. The number of amides is 1. The van der Waals surface area contributed by atoms with Crippen LogP contribution in [0.25, 0.3) is 0 Å². The molecule has 0 bridgehead atoms. The number of piperazine rings is 1. The number of H-pyrrole nitrogens is 1. The number of aryl methyl sites for hydroxylation is 1. The van der Waals surface area contributed by atoms with Gasteiger partial charge in [-0.15, -0.1) is 0 Å². The molecular formula is C22H32N6O4. The maximum absolute atomic E-state index is 12.6. The van der Waals surface area contributed by atoms with Gasteiger partial charge in [0.1, 0.15) is 12.3 Å². The molecule has 1 saturated heterocycles. The zero-order chi connectivity index (χ0) is 22.9. The number of esters is 1. The van der Waals surface area contributed by atoms with Crippen LogP contribution in [0.15, 0.2) is 18.5 Å². The van der Waals surface area contributed by atoms with E-state index in [-0.39, 0.29) is 12.5 Å². The van der Waals surface area contributed by atoms with Gasteiger partial charge in [0.25, 0.3) is 5.91 Å². The van der Waals surface area contributed by atoms with E-state index in [0.29, 0.717) is 35.7 Å². The highest BCUT2D eigenvalue weighted by molar-refractivity contribution is 6.00. The Hall–Kier alpha value is -2.98. The van der Waals surface area contributed by atoms with Crippen molar-refractivity contribution in [3.8, 4) is 0 Å². The summed E-state index contributed by atoms with van der Waals surface area (Å²) in [6, 6.07) is 1.82. The summed E-state index contributed by atoms with van der Waals surface area (Å²) < 4.78 is 10.1. The fourth-order valence-corrected chi connectivity index (χ4v) is 3.79. The number of rotatable bonds is 10. The zero-order valence-electron chi connectivity index (χ0n) is 19.0. The second-order valence-electron chi connectivity index (χ2n) is 7.74. The summed E-state index contributed by atoms with van der Waals surface area (Å²) in [4.78, 5) is 41.1. The lowest BCUT2D eigenvalue weighted by Crippen LogP contribution is -2.47. The molecule has 3 heterocycles. The van der Waals surface area contributed by atoms with Gasteiger partial charge in [0.15, 0.2) is 0 Å². The van der Waals surface area contributed by atoms with Gasteiger partial charge >= 0.3 is 5.97 Å². The van der Waals surface area contributed by atoms with Gasteiger partial charge < -0.3 is 24.7 Å². The predicted octanol–water partition coefficient (Wildman–Crippen LogP) is 1.17. The second kappa shape index (κ2) is 11.6. The van der Waals surface area contributed by atoms with E-state index in [2.05, 4.69) is 30.1 Å². The summed E-state index contributed by atoms with van der Waals surface area (Å²) in [7, 11) is 1.54. The van der Waals surface area contributed by atoms with Gasteiger partial charge in [-0.3, -0.25) is 9.69 Å². The summed E-state index contributed by atoms with van der Waals surface area (Å²) in [6.45, 7) is 9.14. The first-order valence-electron chi connectivity index (χ1n) is 10.9. The molecule has 0 saturated carbocycles. The summed E-state index contributed by atoms with van der Waals surface area (Å²) >= 11 is 0. The number of ether oxygens (including phenoxy) is 2. The molecule has 0 radical (unpaired) electrons. The van der Waals surface area contributed by atoms with Gasteiger partial charge in [-0.2, -0.15) is 0 Å². The third-order valence-electron chi connectivity index (χ3n) is 5.53. The molecule has 1 aliphatic heterocycles. The standard InChI is InChI=1S/C22H32N6O4/c1-16-18(21(30)32-15-14-31-3)17(2)26-19(16)20(29)23-8-5-9-27-10-12-28(13-11-27)22-24-6-4-7-25-22/h4,6-7,26H,5,8-15H2,1-3H3,(H,23,29). The van der Waals surface area contributed by atoms with E-state index in [1.165, 1.54) is 0 Å².